The summed E-state index contributed by atoms with van der Waals surface area (Å²) in [6, 6.07) is 6.47. The van der Waals surface area contributed by atoms with E-state index in [9.17, 15) is 4.79 Å². The molecule has 0 unspecified atom stereocenters. The zero-order valence-electron chi connectivity index (χ0n) is 16.0. The fourth-order valence-corrected chi connectivity index (χ4v) is 3.43. The SMILES string of the molecule is CCCCN(CCCC)c1ccc(C(=O)C[S+](C)C)c(CC)c1.[Br-]. The van der Waals surface area contributed by atoms with Crippen LogP contribution in [-0.2, 0) is 17.3 Å². The summed E-state index contributed by atoms with van der Waals surface area (Å²) in [4.78, 5) is 14.9. The van der Waals surface area contributed by atoms with Gasteiger partial charge in [-0.2, -0.15) is 0 Å². The molecule has 4 heteroatoms. The topological polar surface area (TPSA) is 20.3 Å². The van der Waals surface area contributed by atoms with E-state index in [1.54, 1.807) is 0 Å². The highest BCUT2D eigenvalue weighted by Gasteiger charge is 2.18. The van der Waals surface area contributed by atoms with E-state index in [-0.39, 0.29) is 27.9 Å². The fourth-order valence-electron chi connectivity index (χ4n) is 2.75. The summed E-state index contributed by atoms with van der Waals surface area (Å²) in [5, 5.41) is 0. The quantitative estimate of drug-likeness (QED) is 0.405. The molecule has 1 rings (SSSR count). The Morgan fingerprint density at radius 3 is 2.08 bits per heavy atom. The average molecular weight is 416 g/mol. The van der Waals surface area contributed by atoms with Gasteiger partial charge in [0.25, 0.3) is 0 Å². The van der Waals surface area contributed by atoms with E-state index in [2.05, 4.69) is 56.4 Å². The average Bonchev–Trinajstić information content (AvgIpc) is 2.53. The van der Waals surface area contributed by atoms with Crippen LogP contribution in [0.25, 0.3) is 0 Å². The number of Topliss-reactive ketones (excluding diaryl/α,β-unsaturated/α-hetero) is 1. The lowest BCUT2D eigenvalue weighted by atomic mass is 10.0. The number of hydrogen-bond acceptors (Lipinski definition) is 2. The fraction of sp³-hybridized carbons (Fsp3) is 0.650. The first-order chi connectivity index (χ1) is 11.0. The van der Waals surface area contributed by atoms with Crippen LogP contribution in [0.15, 0.2) is 18.2 Å². The molecule has 2 nitrogen and oxygen atoms in total. The molecule has 0 saturated heterocycles. The van der Waals surface area contributed by atoms with Crippen molar-refractivity contribution in [3.05, 3.63) is 29.3 Å². The van der Waals surface area contributed by atoms with Gasteiger partial charge in [-0.3, -0.25) is 4.79 Å². The molecule has 0 saturated carbocycles. The van der Waals surface area contributed by atoms with E-state index < -0.39 is 0 Å². The van der Waals surface area contributed by atoms with E-state index in [0.29, 0.717) is 11.5 Å². The predicted octanol–water partition coefficient (Wildman–Crippen LogP) is 1.72. The lowest BCUT2D eigenvalue weighted by Crippen LogP contribution is -3.00. The van der Waals surface area contributed by atoms with Crippen LogP contribution in [0.1, 0.15) is 62.4 Å². The molecule has 0 N–H and O–H groups in total. The van der Waals surface area contributed by atoms with Crippen molar-refractivity contribution in [1.82, 2.24) is 0 Å². The van der Waals surface area contributed by atoms with Gasteiger partial charge in [0.1, 0.15) is 0 Å². The first kappa shape index (κ1) is 23.5. The summed E-state index contributed by atoms with van der Waals surface area (Å²) in [6.07, 6.45) is 10.1. The minimum absolute atomic E-state index is 0. The normalized spacial score (nSPS) is 10.6. The van der Waals surface area contributed by atoms with Crippen molar-refractivity contribution in [2.45, 2.75) is 52.9 Å². The molecule has 0 fully saturated rings. The van der Waals surface area contributed by atoms with Crippen LogP contribution in [0.5, 0.6) is 0 Å². The molecule has 0 aliphatic carbocycles. The van der Waals surface area contributed by atoms with Crippen LogP contribution in [-0.4, -0.2) is 37.1 Å². The lowest BCUT2D eigenvalue weighted by molar-refractivity contribution is -0.0000130. The van der Waals surface area contributed by atoms with Crippen molar-refractivity contribution in [3.8, 4) is 0 Å². The van der Waals surface area contributed by atoms with Crippen LogP contribution in [0, 0.1) is 0 Å². The largest absolute Gasteiger partial charge is 1.00 e. The van der Waals surface area contributed by atoms with E-state index >= 15 is 0 Å². The molecular formula is C20H34BrNOS. The molecule has 0 spiro atoms. The first-order valence-electron chi connectivity index (χ1n) is 8.98. The minimum atomic E-state index is 0. The van der Waals surface area contributed by atoms with Gasteiger partial charge in [-0.25, -0.2) is 0 Å². The molecule has 0 aromatic heterocycles. The minimum Gasteiger partial charge on any atom is -1.00 e. The Hall–Kier alpha value is -0.480. The summed E-state index contributed by atoms with van der Waals surface area (Å²) < 4.78 is 0. The number of nitrogens with zero attached hydrogens (tertiary/aromatic N) is 1. The second-order valence-corrected chi connectivity index (χ2v) is 8.70. The number of carbonyl (C=O) groups is 1. The number of halogens is 1. The summed E-state index contributed by atoms with van der Waals surface area (Å²) in [7, 11) is 0.161. The predicted molar refractivity (Wildman–Crippen MR) is 106 cm³/mol. The molecule has 0 heterocycles. The van der Waals surface area contributed by atoms with Gasteiger partial charge in [0, 0.05) is 24.3 Å². The molecule has 138 valence electrons. The second kappa shape index (κ2) is 12.8. The Balaban J connectivity index is 0.00000529. The van der Waals surface area contributed by atoms with Gasteiger partial charge < -0.3 is 21.9 Å². The Kier molecular flexibility index (Phi) is 12.6. The highest BCUT2D eigenvalue weighted by Crippen LogP contribution is 2.22. The zero-order valence-corrected chi connectivity index (χ0v) is 18.4. The monoisotopic (exact) mass is 415 g/mol. The standard InChI is InChI=1S/C20H34NOS.BrH/c1-6-9-13-21(14-10-7-2)18-11-12-19(17(8-3)15-18)20(22)16-23(4)5;/h11-12,15H,6-10,13-14,16H2,1-5H3;1H/q+1;/p-1. The van der Waals surface area contributed by atoms with Crippen molar-refractivity contribution >= 4 is 22.4 Å². The molecule has 0 bridgehead atoms. The smallest absolute Gasteiger partial charge is 0.212 e. The van der Waals surface area contributed by atoms with E-state index in [0.717, 1.165) is 25.1 Å². The molecule has 0 atom stereocenters. The van der Waals surface area contributed by atoms with Gasteiger partial charge in [-0.05, 0) is 53.9 Å². The molecule has 0 radical (unpaired) electrons. The van der Waals surface area contributed by atoms with Crippen molar-refractivity contribution in [1.29, 1.82) is 0 Å². The van der Waals surface area contributed by atoms with Crippen molar-refractivity contribution in [2.24, 2.45) is 0 Å². The molecule has 0 aliphatic heterocycles. The van der Waals surface area contributed by atoms with Crippen LogP contribution in [0.2, 0.25) is 0 Å². The van der Waals surface area contributed by atoms with Crippen LogP contribution in [0.3, 0.4) is 0 Å². The van der Waals surface area contributed by atoms with Gasteiger partial charge in [0.05, 0.1) is 12.5 Å². The molecule has 24 heavy (non-hydrogen) atoms. The summed E-state index contributed by atoms with van der Waals surface area (Å²) >= 11 is 0. The molecule has 0 amide bonds. The molecular weight excluding hydrogens is 382 g/mol. The Morgan fingerprint density at radius 1 is 1.04 bits per heavy atom. The number of anilines is 1. The first-order valence-corrected chi connectivity index (χ1v) is 11.2. The maximum absolute atomic E-state index is 12.5. The summed E-state index contributed by atoms with van der Waals surface area (Å²) in [5.74, 6) is 0.970. The maximum Gasteiger partial charge on any atom is 0.212 e. The Bertz CT molecular complexity index is 483. The number of benzene rings is 1. The third kappa shape index (κ3) is 7.60. The second-order valence-electron chi connectivity index (χ2n) is 6.44. The number of carbonyl (C=O) groups excluding carboxylic acids is 1. The highest BCUT2D eigenvalue weighted by molar-refractivity contribution is 7.96. The maximum atomic E-state index is 12.5. The van der Waals surface area contributed by atoms with Crippen LogP contribution < -0.4 is 21.9 Å². The van der Waals surface area contributed by atoms with E-state index in [4.69, 9.17) is 0 Å². The number of unbranched alkanes of at least 4 members (excludes halogenated alkanes) is 2. The Labute approximate surface area is 162 Å². The number of rotatable bonds is 11. The number of hydrogen-bond donors (Lipinski definition) is 0. The van der Waals surface area contributed by atoms with Gasteiger partial charge in [0.15, 0.2) is 5.75 Å². The van der Waals surface area contributed by atoms with E-state index in [1.807, 2.05) is 0 Å². The van der Waals surface area contributed by atoms with Crippen LogP contribution >= 0.6 is 0 Å². The third-order valence-corrected chi connectivity index (χ3v) is 4.96. The summed E-state index contributed by atoms with van der Waals surface area (Å²) in [5.41, 5.74) is 3.42. The van der Waals surface area contributed by atoms with Gasteiger partial charge in [0.2, 0.25) is 5.78 Å². The van der Waals surface area contributed by atoms with Crippen molar-refractivity contribution in [3.63, 3.8) is 0 Å². The summed E-state index contributed by atoms with van der Waals surface area (Å²) in [6.45, 7) is 8.85. The third-order valence-electron chi connectivity index (χ3n) is 4.12. The van der Waals surface area contributed by atoms with Crippen molar-refractivity contribution in [2.75, 3.05) is 36.3 Å². The highest BCUT2D eigenvalue weighted by atomic mass is 79.9. The number of ketones is 1. The van der Waals surface area contributed by atoms with Gasteiger partial charge in [-0.15, -0.1) is 0 Å². The number of aryl methyl sites for hydroxylation is 1. The molecule has 1 aromatic rings. The molecule has 0 aliphatic rings. The molecule has 1 aromatic carbocycles. The van der Waals surface area contributed by atoms with E-state index in [1.165, 1.54) is 36.9 Å². The lowest BCUT2D eigenvalue weighted by Gasteiger charge is -2.25. The van der Waals surface area contributed by atoms with Gasteiger partial charge in [-0.1, -0.05) is 33.6 Å². The Morgan fingerprint density at radius 2 is 1.62 bits per heavy atom. The van der Waals surface area contributed by atoms with Gasteiger partial charge >= 0.3 is 0 Å². The zero-order chi connectivity index (χ0) is 17.2. The van der Waals surface area contributed by atoms with Crippen LogP contribution in [0.4, 0.5) is 5.69 Å². The van der Waals surface area contributed by atoms with Crippen molar-refractivity contribution < 1.29 is 21.8 Å².